The molecule has 0 spiro atoms. The van der Waals surface area contributed by atoms with Gasteiger partial charge in [0.15, 0.2) is 11.4 Å². The van der Waals surface area contributed by atoms with Gasteiger partial charge in [-0.25, -0.2) is 0 Å². The van der Waals surface area contributed by atoms with Crippen LogP contribution in [0.3, 0.4) is 0 Å². The van der Waals surface area contributed by atoms with Crippen LogP contribution >= 0.6 is 15.9 Å². The van der Waals surface area contributed by atoms with Crippen LogP contribution in [0.2, 0.25) is 0 Å². The standard InChI is InChI=1S/C20H18BrNO8/c1-5-6-2-3-8(21)15(25)11(6)16(26)13-10(5)14(24)7-4-9(23)12(19(22)29)17(27)20(7,30)18(13)28/h2-3,5,7,10,14,24-27,30H,4H2,1H3,(H2,22,29). The van der Waals surface area contributed by atoms with E-state index in [0.29, 0.717) is 5.56 Å². The van der Waals surface area contributed by atoms with Crippen LogP contribution in [0.4, 0.5) is 0 Å². The largest absolute Gasteiger partial charge is 0.508 e. The molecule has 1 aromatic carbocycles. The molecule has 3 aliphatic carbocycles. The quantitative estimate of drug-likeness (QED) is 0.318. The molecule has 5 atom stereocenters. The molecule has 4 rings (SSSR count). The van der Waals surface area contributed by atoms with Crippen molar-refractivity contribution in [3.63, 3.8) is 0 Å². The molecule has 30 heavy (non-hydrogen) atoms. The normalized spacial score (nSPS) is 33.2. The number of carbonyl (C=O) groups excluding carboxylic acids is 3. The van der Waals surface area contributed by atoms with Gasteiger partial charge in [-0.1, -0.05) is 13.0 Å². The summed E-state index contributed by atoms with van der Waals surface area (Å²) in [6, 6.07) is 3.16. The molecule has 3 aliphatic rings. The van der Waals surface area contributed by atoms with Gasteiger partial charge in [0.05, 0.1) is 16.1 Å². The van der Waals surface area contributed by atoms with Crippen LogP contribution < -0.4 is 5.73 Å². The lowest BCUT2D eigenvalue weighted by atomic mass is 9.55. The van der Waals surface area contributed by atoms with Gasteiger partial charge in [0.1, 0.15) is 22.8 Å². The zero-order valence-electron chi connectivity index (χ0n) is 15.6. The molecular formula is C20H18BrNO8. The van der Waals surface area contributed by atoms with Crippen molar-refractivity contribution in [2.75, 3.05) is 0 Å². The number of aromatic hydroxyl groups is 1. The Morgan fingerprint density at radius 3 is 2.47 bits per heavy atom. The van der Waals surface area contributed by atoms with Gasteiger partial charge in [-0.2, -0.15) is 0 Å². The number of benzene rings is 1. The number of primary amides is 1. The molecule has 0 radical (unpaired) electrons. The second kappa shape index (κ2) is 6.40. The lowest BCUT2D eigenvalue weighted by Gasteiger charge is -2.50. The third-order valence-corrected chi connectivity index (χ3v) is 7.09. The number of aliphatic hydroxyl groups excluding tert-OH is 3. The summed E-state index contributed by atoms with van der Waals surface area (Å²) in [6.45, 7) is 1.67. The van der Waals surface area contributed by atoms with Crippen LogP contribution in [0.25, 0.3) is 5.76 Å². The SMILES string of the molecule is CC1c2ccc(Br)c(O)c2C(O)=C2C(=O)C3(O)C(O)=C(C(N)=O)C(=O)CC3C(O)C21. The summed E-state index contributed by atoms with van der Waals surface area (Å²) in [5.74, 6) is -8.69. The van der Waals surface area contributed by atoms with E-state index in [2.05, 4.69) is 15.9 Å². The van der Waals surface area contributed by atoms with Crippen LogP contribution in [-0.4, -0.2) is 54.7 Å². The summed E-state index contributed by atoms with van der Waals surface area (Å²) in [5.41, 5.74) is 1.40. The van der Waals surface area contributed by atoms with Crippen LogP contribution in [0.1, 0.15) is 30.4 Å². The number of fused-ring (bicyclic) bond motifs is 3. The smallest absolute Gasteiger partial charge is 0.255 e. The first-order valence-corrected chi connectivity index (χ1v) is 9.90. The van der Waals surface area contributed by atoms with E-state index in [1.807, 2.05) is 0 Å². The number of Topliss-reactive ketones (excluding diaryl/α,β-unsaturated/α-hetero) is 2. The maximum Gasteiger partial charge on any atom is 0.255 e. The molecule has 0 heterocycles. The van der Waals surface area contributed by atoms with Crippen LogP contribution in [0.15, 0.2) is 33.5 Å². The predicted molar refractivity (Wildman–Crippen MR) is 105 cm³/mol. The first-order valence-electron chi connectivity index (χ1n) is 9.11. The summed E-state index contributed by atoms with van der Waals surface area (Å²) in [7, 11) is 0. The molecule has 1 amide bonds. The average Bonchev–Trinajstić information content (AvgIpc) is 2.67. The van der Waals surface area contributed by atoms with Gasteiger partial charge < -0.3 is 31.3 Å². The van der Waals surface area contributed by atoms with Gasteiger partial charge in [0.25, 0.3) is 5.91 Å². The zero-order valence-corrected chi connectivity index (χ0v) is 17.2. The topological polar surface area (TPSA) is 178 Å². The Balaban J connectivity index is 2.03. The molecule has 0 aromatic heterocycles. The number of halogens is 1. The Kier molecular flexibility index (Phi) is 4.39. The summed E-state index contributed by atoms with van der Waals surface area (Å²) in [4.78, 5) is 37.3. The maximum absolute atomic E-state index is 13.4. The molecular weight excluding hydrogens is 462 g/mol. The number of ketones is 2. The molecule has 7 N–H and O–H groups in total. The second-order valence-corrected chi connectivity index (χ2v) is 8.70. The van der Waals surface area contributed by atoms with Gasteiger partial charge in [-0.3, -0.25) is 14.4 Å². The fraction of sp³-hybridized carbons (Fsp3) is 0.350. The third kappa shape index (κ3) is 2.32. The summed E-state index contributed by atoms with van der Waals surface area (Å²) < 4.78 is 0.251. The first-order chi connectivity index (χ1) is 13.9. The van der Waals surface area contributed by atoms with Crippen molar-refractivity contribution in [1.29, 1.82) is 0 Å². The summed E-state index contributed by atoms with van der Waals surface area (Å²) >= 11 is 3.14. The molecule has 0 aliphatic heterocycles. The number of carbonyl (C=O) groups is 3. The molecule has 0 bridgehead atoms. The lowest BCUT2D eigenvalue weighted by molar-refractivity contribution is -0.160. The number of phenols is 1. The minimum atomic E-state index is -2.82. The van der Waals surface area contributed by atoms with Crippen LogP contribution in [-0.2, 0) is 14.4 Å². The summed E-state index contributed by atoms with van der Waals surface area (Å²) in [5, 5.41) is 54.0. The fourth-order valence-electron chi connectivity index (χ4n) is 4.97. The molecule has 10 heteroatoms. The predicted octanol–water partition coefficient (Wildman–Crippen LogP) is 0.718. The molecule has 1 aromatic rings. The number of hydrogen-bond acceptors (Lipinski definition) is 8. The van der Waals surface area contributed by atoms with Crippen molar-refractivity contribution in [3.05, 3.63) is 44.6 Å². The lowest BCUT2D eigenvalue weighted by Crippen LogP contribution is -2.63. The van der Waals surface area contributed by atoms with E-state index in [0.717, 1.165) is 0 Å². The highest BCUT2D eigenvalue weighted by molar-refractivity contribution is 9.10. The van der Waals surface area contributed by atoms with Gasteiger partial charge in [0, 0.05) is 23.8 Å². The molecule has 5 unspecified atom stereocenters. The van der Waals surface area contributed by atoms with E-state index in [4.69, 9.17) is 5.73 Å². The molecule has 0 saturated heterocycles. The first kappa shape index (κ1) is 20.6. The third-order valence-electron chi connectivity index (χ3n) is 6.45. The monoisotopic (exact) mass is 479 g/mol. The zero-order chi connectivity index (χ0) is 22.3. The Morgan fingerprint density at radius 2 is 1.87 bits per heavy atom. The number of aliphatic hydroxyl groups is 4. The molecule has 1 fully saturated rings. The van der Waals surface area contributed by atoms with E-state index >= 15 is 0 Å². The van der Waals surface area contributed by atoms with Gasteiger partial charge in [0.2, 0.25) is 5.78 Å². The van der Waals surface area contributed by atoms with Crippen molar-refractivity contribution >= 4 is 39.2 Å². The Hall–Kier alpha value is -2.69. The van der Waals surface area contributed by atoms with Crippen molar-refractivity contribution in [1.82, 2.24) is 0 Å². The molecule has 9 nitrogen and oxygen atoms in total. The van der Waals surface area contributed by atoms with Crippen molar-refractivity contribution in [3.8, 4) is 5.75 Å². The summed E-state index contributed by atoms with van der Waals surface area (Å²) in [6.07, 6.45) is -2.12. The molecule has 1 saturated carbocycles. The minimum Gasteiger partial charge on any atom is -0.508 e. The van der Waals surface area contributed by atoms with Gasteiger partial charge >= 0.3 is 0 Å². The highest BCUT2D eigenvalue weighted by Gasteiger charge is 2.64. The van der Waals surface area contributed by atoms with Crippen LogP contribution in [0.5, 0.6) is 5.75 Å². The Bertz CT molecular complexity index is 1110. The van der Waals surface area contributed by atoms with Gasteiger partial charge in [-0.05, 0) is 33.5 Å². The van der Waals surface area contributed by atoms with Gasteiger partial charge in [-0.15, -0.1) is 0 Å². The molecule has 158 valence electrons. The number of phenolic OH excluding ortho intramolecular Hbond substituents is 1. The fourth-order valence-corrected chi connectivity index (χ4v) is 5.30. The van der Waals surface area contributed by atoms with Crippen molar-refractivity contribution in [2.24, 2.45) is 17.6 Å². The number of rotatable bonds is 1. The van der Waals surface area contributed by atoms with Crippen molar-refractivity contribution < 1.29 is 39.9 Å². The Labute approximate surface area is 178 Å². The van der Waals surface area contributed by atoms with E-state index < -0.39 is 76.0 Å². The average molecular weight is 480 g/mol. The van der Waals surface area contributed by atoms with Crippen LogP contribution in [0, 0.1) is 11.8 Å². The van der Waals surface area contributed by atoms with E-state index in [1.165, 1.54) is 0 Å². The van der Waals surface area contributed by atoms with Crippen molar-refractivity contribution in [2.45, 2.75) is 31.0 Å². The number of amides is 1. The highest BCUT2D eigenvalue weighted by Crippen LogP contribution is 2.56. The Morgan fingerprint density at radius 1 is 1.23 bits per heavy atom. The highest BCUT2D eigenvalue weighted by atomic mass is 79.9. The minimum absolute atomic E-state index is 0.0452. The maximum atomic E-state index is 13.4. The second-order valence-electron chi connectivity index (χ2n) is 7.84. The number of nitrogens with two attached hydrogens (primary N) is 1. The number of hydrogen-bond donors (Lipinski definition) is 6. The van der Waals surface area contributed by atoms with E-state index in [9.17, 15) is 39.9 Å². The van der Waals surface area contributed by atoms with E-state index in [-0.39, 0.29) is 15.8 Å². The van der Waals surface area contributed by atoms with E-state index in [1.54, 1.807) is 19.1 Å².